The molecule has 5 rings (SSSR count). The average Bonchev–Trinajstić information content (AvgIpc) is 3.43. The number of primary amides is 1. The van der Waals surface area contributed by atoms with Gasteiger partial charge in [-0.2, -0.15) is 0 Å². The summed E-state index contributed by atoms with van der Waals surface area (Å²) in [7, 11) is 2.32. The summed E-state index contributed by atoms with van der Waals surface area (Å²) < 4.78 is 0.910. The van der Waals surface area contributed by atoms with Crippen molar-refractivity contribution >= 4 is 5.91 Å². The topological polar surface area (TPSA) is 83.5 Å². The highest BCUT2D eigenvalue weighted by Gasteiger charge is 2.69. The van der Waals surface area contributed by atoms with Gasteiger partial charge in [0.25, 0.3) is 5.91 Å². The molecule has 1 aromatic carbocycles. The third-order valence-corrected chi connectivity index (χ3v) is 8.39. The molecule has 1 saturated heterocycles. The maximum absolute atomic E-state index is 12.3. The number of aliphatic hydroxyl groups is 1. The van der Waals surface area contributed by atoms with Crippen LogP contribution in [0.3, 0.4) is 0 Å². The number of nitrogens with zero attached hydrogens (tertiary/aromatic N) is 1. The Balaban J connectivity index is 0.00000205. The van der Waals surface area contributed by atoms with Gasteiger partial charge in [-0.3, -0.25) is 4.79 Å². The molecular weight excluding hydrogens is 388 g/mol. The Labute approximate surface area is 178 Å². The number of carbonyl (C=O) groups is 1. The molecule has 3 fully saturated rings. The maximum Gasteiger partial charge on any atom is 0.252 e. The fraction of sp³-hybridized carbons (Fsp3) is 0.609. The van der Waals surface area contributed by atoms with Crippen molar-refractivity contribution in [3.8, 4) is 5.75 Å². The van der Waals surface area contributed by atoms with E-state index in [0.717, 1.165) is 59.5 Å². The summed E-state index contributed by atoms with van der Waals surface area (Å²) in [6.07, 6.45) is 6.31. The van der Waals surface area contributed by atoms with Crippen molar-refractivity contribution in [1.29, 1.82) is 0 Å². The number of nitrogens with two attached hydrogens (primary N) is 1. The minimum absolute atomic E-state index is 0. The van der Waals surface area contributed by atoms with Crippen LogP contribution in [0.2, 0.25) is 0 Å². The molecule has 0 radical (unpaired) electrons. The van der Waals surface area contributed by atoms with Crippen molar-refractivity contribution in [2.75, 3.05) is 20.1 Å². The van der Waals surface area contributed by atoms with Crippen LogP contribution in [0.15, 0.2) is 24.3 Å². The molecule has 1 heterocycles. The van der Waals surface area contributed by atoms with Crippen LogP contribution in [0.5, 0.6) is 5.75 Å². The first-order valence-electron chi connectivity index (χ1n) is 10.6. The van der Waals surface area contributed by atoms with Crippen LogP contribution in [0, 0.1) is 5.92 Å². The van der Waals surface area contributed by atoms with Gasteiger partial charge in [0, 0.05) is 29.7 Å². The second kappa shape index (κ2) is 6.47. The summed E-state index contributed by atoms with van der Waals surface area (Å²) >= 11 is 0. The van der Waals surface area contributed by atoms with E-state index in [9.17, 15) is 15.0 Å². The number of fused-ring (bicyclic) bond motifs is 1. The van der Waals surface area contributed by atoms with E-state index in [4.69, 9.17) is 5.73 Å². The highest BCUT2D eigenvalue weighted by Crippen LogP contribution is 2.62. The van der Waals surface area contributed by atoms with Crippen LogP contribution in [0.4, 0.5) is 0 Å². The minimum Gasteiger partial charge on any atom is -1.00 e. The average molecular weight is 419 g/mol. The summed E-state index contributed by atoms with van der Waals surface area (Å²) in [6.45, 7) is 6.36. The van der Waals surface area contributed by atoms with E-state index in [-0.39, 0.29) is 29.8 Å². The van der Waals surface area contributed by atoms with Gasteiger partial charge in [-0.15, -0.1) is 0 Å². The van der Waals surface area contributed by atoms with Crippen LogP contribution in [0.25, 0.3) is 0 Å². The lowest BCUT2D eigenvalue weighted by Crippen LogP contribution is -3.00. The lowest BCUT2D eigenvalue weighted by atomic mass is 9.48. The van der Waals surface area contributed by atoms with Crippen LogP contribution >= 0.6 is 0 Å². The van der Waals surface area contributed by atoms with E-state index in [2.05, 4.69) is 13.6 Å². The van der Waals surface area contributed by atoms with Gasteiger partial charge in [0.2, 0.25) is 0 Å². The molecule has 1 amide bonds. The molecule has 4 atom stereocenters. The molecule has 158 valence electrons. The molecule has 1 unspecified atom stereocenters. The number of rotatable bonds is 3. The number of amides is 1. The number of hydrogen-bond donors (Lipinski definition) is 3. The number of carbonyl (C=O) groups excluding carboxylic acids is 1. The van der Waals surface area contributed by atoms with Gasteiger partial charge in [0.1, 0.15) is 17.4 Å². The molecule has 0 spiro atoms. The highest BCUT2D eigenvalue weighted by molar-refractivity contribution is 5.96. The van der Waals surface area contributed by atoms with Gasteiger partial charge < -0.3 is 32.8 Å². The molecule has 2 saturated carbocycles. The zero-order valence-corrected chi connectivity index (χ0v) is 17.8. The number of allylic oxidation sites excluding steroid dienone is 1. The van der Waals surface area contributed by atoms with Crippen LogP contribution in [0.1, 0.15) is 60.0 Å². The Morgan fingerprint density at radius 2 is 2.07 bits per heavy atom. The van der Waals surface area contributed by atoms with E-state index >= 15 is 0 Å². The van der Waals surface area contributed by atoms with Gasteiger partial charge in [-0.25, -0.2) is 0 Å². The van der Waals surface area contributed by atoms with Gasteiger partial charge in [0.05, 0.1) is 25.7 Å². The third kappa shape index (κ3) is 2.70. The molecule has 5 nitrogen and oxygen atoms in total. The number of aromatic hydroxyl groups is 1. The maximum atomic E-state index is 12.3. The molecule has 1 aromatic rings. The van der Waals surface area contributed by atoms with Crippen molar-refractivity contribution in [1.82, 2.24) is 0 Å². The number of quaternary nitrogens is 1. The molecule has 3 aliphatic carbocycles. The predicted octanol–water partition coefficient (Wildman–Crippen LogP) is -0.611. The van der Waals surface area contributed by atoms with Gasteiger partial charge in [0.15, 0.2) is 0 Å². The first-order chi connectivity index (χ1) is 13.2. The van der Waals surface area contributed by atoms with Crippen LogP contribution < -0.4 is 18.1 Å². The van der Waals surface area contributed by atoms with Crippen molar-refractivity contribution in [3.63, 3.8) is 0 Å². The predicted molar refractivity (Wildman–Crippen MR) is 107 cm³/mol. The lowest BCUT2D eigenvalue weighted by Gasteiger charge is -2.65. The zero-order valence-electron chi connectivity index (χ0n) is 17.1. The van der Waals surface area contributed by atoms with Crippen molar-refractivity contribution in [2.45, 2.75) is 62.0 Å². The fourth-order valence-electron chi connectivity index (χ4n) is 6.85. The quantitative estimate of drug-likeness (QED) is 0.452. The van der Waals surface area contributed by atoms with Gasteiger partial charge in [-0.1, -0.05) is 18.2 Å². The lowest BCUT2D eigenvalue weighted by molar-refractivity contribution is -0.950. The van der Waals surface area contributed by atoms with E-state index in [0.29, 0.717) is 12.8 Å². The first-order valence-corrected chi connectivity index (χ1v) is 10.6. The summed E-state index contributed by atoms with van der Waals surface area (Å²) in [6, 6.07) is 3.71. The second-order valence-electron chi connectivity index (χ2n) is 10.1. The summed E-state index contributed by atoms with van der Waals surface area (Å²) in [5.41, 5.74) is 7.17. The molecular formula is C23H31ClN2O3. The number of piperidine rings is 1. The highest BCUT2D eigenvalue weighted by atomic mass is 35.5. The smallest absolute Gasteiger partial charge is 0.252 e. The normalized spacial score (nSPS) is 37.9. The molecule has 1 aliphatic heterocycles. The SMILES string of the molecule is C=C1CC[C@@]2(O)[C@H]3Cc4ccc(C(N)=O)c(O)c4[C@@]2(CC[N+]3(C)CC2CC2)C1.[Cl-]. The number of phenols is 1. The Bertz CT molecular complexity index is 898. The molecule has 6 heteroatoms. The minimum atomic E-state index is -0.892. The van der Waals surface area contributed by atoms with Crippen molar-refractivity contribution in [3.05, 3.63) is 41.0 Å². The number of benzene rings is 1. The largest absolute Gasteiger partial charge is 1.00 e. The molecule has 4 aliphatic rings. The Kier molecular flexibility index (Phi) is 4.62. The van der Waals surface area contributed by atoms with E-state index < -0.39 is 16.9 Å². The Morgan fingerprint density at radius 1 is 1.34 bits per heavy atom. The zero-order chi connectivity index (χ0) is 19.9. The molecule has 2 bridgehead atoms. The second-order valence-corrected chi connectivity index (χ2v) is 10.1. The van der Waals surface area contributed by atoms with Gasteiger partial charge in [-0.05, 0) is 43.7 Å². The number of hydrogen-bond acceptors (Lipinski definition) is 3. The van der Waals surface area contributed by atoms with Crippen LogP contribution in [-0.2, 0) is 11.8 Å². The van der Waals surface area contributed by atoms with Crippen molar-refractivity contribution < 1.29 is 31.9 Å². The summed E-state index contributed by atoms with van der Waals surface area (Å²) in [5.74, 6) is 0.142. The van der Waals surface area contributed by atoms with Crippen molar-refractivity contribution in [2.24, 2.45) is 11.7 Å². The third-order valence-electron chi connectivity index (χ3n) is 8.39. The van der Waals surface area contributed by atoms with E-state index in [1.54, 1.807) is 6.07 Å². The molecule has 0 aromatic heterocycles. The monoisotopic (exact) mass is 418 g/mol. The molecule has 29 heavy (non-hydrogen) atoms. The Morgan fingerprint density at radius 3 is 2.72 bits per heavy atom. The van der Waals surface area contributed by atoms with Crippen LogP contribution in [-0.4, -0.2) is 52.4 Å². The standard InChI is InChI=1S/C23H30N2O3.ClH/c1-14-7-8-23(28)18-11-16-5-6-17(21(24)27)20(26)19(16)22(23,12-14)9-10-25(18,2)13-15-3-4-15;/h5-6,15,18,28H,1,3-4,7-13H2,2H3,(H2-,24,26,27);1H/t18-,22-,23-,25?;/m1./s1. The Hall–Kier alpha value is -1.56. The summed E-state index contributed by atoms with van der Waals surface area (Å²) in [4.78, 5) is 11.9. The fourth-order valence-corrected chi connectivity index (χ4v) is 6.85. The first kappa shape index (κ1) is 20.7. The summed E-state index contributed by atoms with van der Waals surface area (Å²) in [5, 5.41) is 23.4. The number of likely N-dealkylation sites (tertiary alicyclic amines) is 1. The van der Waals surface area contributed by atoms with Gasteiger partial charge >= 0.3 is 0 Å². The van der Waals surface area contributed by atoms with E-state index in [1.165, 1.54) is 12.8 Å². The molecule has 4 N–H and O–H groups in total. The number of likely N-dealkylation sites (N-methyl/N-ethyl adjacent to an activating group) is 1. The van der Waals surface area contributed by atoms with E-state index in [1.807, 2.05) is 6.07 Å². The number of halogens is 1.